The number of rotatable bonds is 2. The van der Waals surface area contributed by atoms with E-state index in [4.69, 9.17) is 5.73 Å². The molecule has 0 amide bonds. The van der Waals surface area contributed by atoms with Gasteiger partial charge < -0.3 is 5.73 Å². The van der Waals surface area contributed by atoms with Crippen LogP contribution in [0.2, 0.25) is 0 Å². The molecule has 0 aliphatic heterocycles. The number of hydrogen-bond acceptors (Lipinski definition) is 1. The highest BCUT2D eigenvalue weighted by Crippen LogP contribution is 2.44. The lowest BCUT2D eigenvalue weighted by molar-refractivity contribution is 0.476. The first-order valence-electron chi connectivity index (χ1n) is 4.61. The molecule has 1 aromatic carbocycles. The fourth-order valence-electron chi connectivity index (χ4n) is 1.75. The molecule has 0 saturated heterocycles. The summed E-state index contributed by atoms with van der Waals surface area (Å²) in [6.45, 7) is 1.53. The molecular formula is C11H14FN. The molecule has 1 aliphatic carbocycles. The molecule has 1 aromatic rings. The van der Waals surface area contributed by atoms with Crippen LogP contribution in [0.1, 0.15) is 29.5 Å². The Balaban J connectivity index is 2.50. The van der Waals surface area contributed by atoms with Gasteiger partial charge in [-0.2, -0.15) is 0 Å². The SMILES string of the molecule is Cc1cccc(C2(N)CC2)c1CF. The first kappa shape index (κ1) is 8.70. The van der Waals surface area contributed by atoms with Gasteiger partial charge in [0.25, 0.3) is 0 Å². The lowest BCUT2D eigenvalue weighted by Gasteiger charge is -2.14. The third-order valence-corrected chi connectivity index (χ3v) is 2.87. The average molecular weight is 179 g/mol. The maximum Gasteiger partial charge on any atom is 0.115 e. The Morgan fingerprint density at radius 1 is 1.46 bits per heavy atom. The van der Waals surface area contributed by atoms with Crippen molar-refractivity contribution in [2.75, 3.05) is 0 Å². The molecule has 0 bridgehead atoms. The second-order valence-electron chi connectivity index (χ2n) is 3.89. The van der Waals surface area contributed by atoms with Crippen molar-refractivity contribution < 1.29 is 4.39 Å². The van der Waals surface area contributed by atoms with Crippen LogP contribution in [0.3, 0.4) is 0 Å². The number of nitrogens with two attached hydrogens (primary N) is 1. The molecule has 0 radical (unpaired) electrons. The monoisotopic (exact) mass is 179 g/mol. The third-order valence-electron chi connectivity index (χ3n) is 2.87. The van der Waals surface area contributed by atoms with Crippen molar-refractivity contribution in [2.45, 2.75) is 32.0 Å². The molecule has 2 N–H and O–H groups in total. The predicted octanol–water partition coefficient (Wildman–Crippen LogP) is 2.41. The van der Waals surface area contributed by atoms with Gasteiger partial charge in [0.15, 0.2) is 0 Å². The molecule has 1 saturated carbocycles. The molecule has 70 valence electrons. The molecule has 1 nitrogen and oxygen atoms in total. The van der Waals surface area contributed by atoms with E-state index in [1.807, 2.05) is 25.1 Å². The molecule has 0 heterocycles. The summed E-state index contributed by atoms with van der Waals surface area (Å²) >= 11 is 0. The minimum absolute atomic E-state index is 0.215. The van der Waals surface area contributed by atoms with Gasteiger partial charge in [-0.1, -0.05) is 18.2 Å². The van der Waals surface area contributed by atoms with Crippen molar-refractivity contribution in [3.63, 3.8) is 0 Å². The van der Waals surface area contributed by atoms with Gasteiger partial charge in [-0.15, -0.1) is 0 Å². The highest BCUT2D eigenvalue weighted by Gasteiger charge is 2.41. The summed E-state index contributed by atoms with van der Waals surface area (Å²) in [4.78, 5) is 0. The lowest BCUT2D eigenvalue weighted by Crippen LogP contribution is -2.20. The summed E-state index contributed by atoms with van der Waals surface area (Å²) in [5.74, 6) is 0. The van der Waals surface area contributed by atoms with Crippen molar-refractivity contribution in [1.29, 1.82) is 0 Å². The standard InChI is InChI=1S/C11H14FN/c1-8-3-2-4-10(9(8)7-12)11(13)5-6-11/h2-4H,5-7,13H2,1H3. The van der Waals surface area contributed by atoms with E-state index in [0.717, 1.165) is 29.5 Å². The van der Waals surface area contributed by atoms with Gasteiger partial charge in [-0.25, -0.2) is 4.39 Å². The van der Waals surface area contributed by atoms with E-state index in [-0.39, 0.29) is 5.54 Å². The summed E-state index contributed by atoms with van der Waals surface area (Å²) in [7, 11) is 0. The van der Waals surface area contributed by atoms with E-state index in [2.05, 4.69) is 0 Å². The molecule has 0 unspecified atom stereocenters. The average Bonchev–Trinajstić information content (AvgIpc) is 2.85. The third kappa shape index (κ3) is 1.35. The summed E-state index contributed by atoms with van der Waals surface area (Å²) < 4.78 is 12.7. The molecule has 1 aliphatic rings. The fraction of sp³-hybridized carbons (Fsp3) is 0.455. The van der Waals surface area contributed by atoms with E-state index < -0.39 is 6.67 Å². The Morgan fingerprint density at radius 2 is 2.15 bits per heavy atom. The quantitative estimate of drug-likeness (QED) is 0.741. The van der Waals surface area contributed by atoms with Crippen LogP contribution in [0.25, 0.3) is 0 Å². The van der Waals surface area contributed by atoms with Crippen LogP contribution in [0.4, 0.5) is 4.39 Å². The van der Waals surface area contributed by atoms with E-state index in [9.17, 15) is 4.39 Å². The zero-order chi connectivity index (χ0) is 9.47. The second kappa shape index (κ2) is 2.81. The smallest absolute Gasteiger partial charge is 0.115 e. The van der Waals surface area contributed by atoms with Crippen molar-refractivity contribution in [3.05, 3.63) is 34.9 Å². The minimum atomic E-state index is -0.402. The van der Waals surface area contributed by atoms with Gasteiger partial charge in [-0.05, 0) is 36.5 Å². The van der Waals surface area contributed by atoms with Crippen LogP contribution in [0.15, 0.2) is 18.2 Å². The predicted molar refractivity (Wildman–Crippen MR) is 51.1 cm³/mol. The molecule has 0 atom stereocenters. The number of hydrogen-bond donors (Lipinski definition) is 1. The largest absolute Gasteiger partial charge is 0.321 e. The first-order chi connectivity index (χ1) is 6.17. The summed E-state index contributed by atoms with van der Waals surface area (Å²) in [5, 5.41) is 0. The first-order valence-corrected chi connectivity index (χ1v) is 4.61. The normalized spacial score (nSPS) is 18.7. The molecule has 2 rings (SSSR count). The van der Waals surface area contributed by atoms with Crippen LogP contribution in [0, 0.1) is 6.92 Å². The molecule has 2 heteroatoms. The van der Waals surface area contributed by atoms with Gasteiger partial charge in [0.1, 0.15) is 6.67 Å². The molecule has 1 fully saturated rings. The Morgan fingerprint density at radius 3 is 2.69 bits per heavy atom. The highest BCUT2D eigenvalue weighted by atomic mass is 19.1. The number of alkyl halides is 1. The Hall–Kier alpha value is -0.890. The van der Waals surface area contributed by atoms with E-state index in [1.165, 1.54) is 0 Å². The van der Waals surface area contributed by atoms with Gasteiger partial charge in [0.2, 0.25) is 0 Å². The van der Waals surface area contributed by atoms with Crippen LogP contribution in [-0.4, -0.2) is 0 Å². The zero-order valence-corrected chi connectivity index (χ0v) is 7.81. The van der Waals surface area contributed by atoms with Gasteiger partial charge >= 0.3 is 0 Å². The second-order valence-corrected chi connectivity index (χ2v) is 3.89. The van der Waals surface area contributed by atoms with Crippen LogP contribution in [0.5, 0.6) is 0 Å². The maximum absolute atomic E-state index is 12.7. The van der Waals surface area contributed by atoms with Gasteiger partial charge in [0.05, 0.1) is 0 Å². The summed E-state index contributed by atoms with van der Waals surface area (Å²) in [5.41, 5.74) is 8.65. The lowest BCUT2D eigenvalue weighted by atomic mass is 9.96. The topological polar surface area (TPSA) is 26.0 Å². The number of halogens is 1. The Labute approximate surface area is 77.8 Å². The summed E-state index contributed by atoms with van der Waals surface area (Å²) in [6.07, 6.45) is 1.98. The number of aryl methyl sites for hydroxylation is 1. The van der Waals surface area contributed by atoms with E-state index in [0.29, 0.717) is 0 Å². The number of benzene rings is 1. The minimum Gasteiger partial charge on any atom is -0.321 e. The van der Waals surface area contributed by atoms with E-state index in [1.54, 1.807) is 0 Å². The Bertz CT molecular complexity index is 329. The van der Waals surface area contributed by atoms with Crippen LogP contribution < -0.4 is 5.73 Å². The molecular weight excluding hydrogens is 165 g/mol. The maximum atomic E-state index is 12.7. The van der Waals surface area contributed by atoms with Gasteiger partial charge in [0, 0.05) is 5.54 Å². The molecule has 0 aromatic heterocycles. The van der Waals surface area contributed by atoms with Crippen molar-refractivity contribution >= 4 is 0 Å². The fourth-order valence-corrected chi connectivity index (χ4v) is 1.75. The van der Waals surface area contributed by atoms with Crippen molar-refractivity contribution in [3.8, 4) is 0 Å². The van der Waals surface area contributed by atoms with Crippen molar-refractivity contribution in [1.82, 2.24) is 0 Å². The Kier molecular flexibility index (Phi) is 1.88. The molecule has 0 spiro atoms. The zero-order valence-electron chi connectivity index (χ0n) is 7.81. The summed E-state index contributed by atoms with van der Waals surface area (Å²) in [6, 6.07) is 5.84. The highest BCUT2D eigenvalue weighted by molar-refractivity contribution is 5.41. The molecule has 13 heavy (non-hydrogen) atoms. The van der Waals surface area contributed by atoms with Crippen LogP contribution >= 0.6 is 0 Å². The van der Waals surface area contributed by atoms with Crippen molar-refractivity contribution in [2.24, 2.45) is 5.73 Å². The van der Waals surface area contributed by atoms with Gasteiger partial charge in [-0.3, -0.25) is 0 Å². The van der Waals surface area contributed by atoms with E-state index >= 15 is 0 Å². The van der Waals surface area contributed by atoms with Crippen LogP contribution in [-0.2, 0) is 12.2 Å².